The highest BCUT2D eigenvalue weighted by molar-refractivity contribution is 9.10. The lowest BCUT2D eigenvalue weighted by Crippen LogP contribution is -2.14. The van der Waals surface area contributed by atoms with Gasteiger partial charge in [-0.3, -0.25) is 5.32 Å². The molecule has 0 aromatic heterocycles. The summed E-state index contributed by atoms with van der Waals surface area (Å²) >= 11 is 9.41. The molecule has 0 atom stereocenters. The topological polar surface area (TPSA) is 38.3 Å². The summed E-state index contributed by atoms with van der Waals surface area (Å²) < 4.78 is 5.90. The first-order valence-electron chi connectivity index (χ1n) is 5.99. The Morgan fingerprint density at radius 3 is 2.70 bits per heavy atom. The molecule has 0 fully saturated rings. The van der Waals surface area contributed by atoms with Crippen LogP contribution in [0.15, 0.2) is 46.9 Å². The van der Waals surface area contributed by atoms with E-state index in [4.69, 9.17) is 16.3 Å². The number of rotatable bonds is 3. The van der Waals surface area contributed by atoms with Crippen LogP contribution in [0.1, 0.15) is 11.1 Å². The first kappa shape index (κ1) is 14.9. The fourth-order valence-electron chi connectivity index (χ4n) is 1.61. The summed E-state index contributed by atoms with van der Waals surface area (Å²) in [5.41, 5.74) is 2.45. The Bertz CT molecular complexity index is 617. The predicted octanol–water partition coefficient (Wildman–Crippen LogP) is 5.16. The van der Waals surface area contributed by atoms with E-state index >= 15 is 0 Å². The molecule has 104 valence electrons. The van der Waals surface area contributed by atoms with Crippen molar-refractivity contribution in [3.05, 3.63) is 63.1 Å². The minimum atomic E-state index is -0.519. The van der Waals surface area contributed by atoms with Crippen LogP contribution in [0.4, 0.5) is 10.5 Å². The maximum absolute atomic E-state index is 11.7. The number of hydrogen-bond donors (Lipinski definition) is 1. The van der Waals surface area contributed by atoms with Crippen molar-refractivity contribution in [2.24, 2.45) is 0 Å². The molecule has 1 N–H and O–H groups in total. The van der Waals surface area contributed by atoms with Crippen LogP contribution in [0, 0.1) is 6.92 Å². The van der Waals surface area contributed by atoms with Crippen molar-refractivity contribution in [2.45, 2.75) is 13.5 Å². The smallest absolute Gasteiger partial charge is 0.411 e. The van der Waals surface area contributed by atoms with E-state index < -0.39 is 6.09 Å². The van der Waals surface area contributed by atoms with Gasteiger partial charge in [0.05, 0.1) is 5.69 Å². The summed E-state index contributed by atoms with van der Waals surface area (Å²) in [5.74, 6) is 0. The van der Waals surface area contributed by atoms with Gasteiger partial charge in [0, 0.05) is 9.50 Å². The third kappa shape index (κ3) is 3.99. The summed E-state index contributed by atoms with van der Waals surface area (Å²) in [7, 11) is 0. The predicted molar refractivity (Wildman–Crippen MR) is 84.1 cm³/mol. The maximum atomic E-state index is 11.7. The van der Waals surface area contributed by atoms with E-state index in [2.05, 4.69) is 21.2 Å². The SMILES string of the molecule is Cc1cc(Br)c(NC(=O)OCc2ccccc2)cc1Cl. The van der Waals surface area contributed by atoms with Crippen molar-refractivity contribution < 1.29 is 9.53 Å². The van der Waals surface area contributed by atoms with Gasteiger partial charge in [0.25, 0.3) is 0 Å². The summed E-state index contributed by atoms with van der Waals surface area (Å²) in [5, 5.41) is 3.25. The van der Waals surface area contributed by atoms with Crippen LogP contribution >= 0.6 is 27.5 Å². The van der Waals surface area contributed by atoms with Gasteiger partial charge in [-0.2, -0.15) is 0 Å². The van der Waals surface area contributed by atoms with Gasteiger partial charge >= 0.3 is 6.09 Å². The zero-order valence-corrected chi connectivity index (χ0v) is 13.2. The van der Waals surface area contributed by atoms with Crippen molar-refractivity contribution in [2.75, 3.05) is 5.32 Å². The van der Waals surface area contributed by atoms with E-state index in [1.54, 1.807) is 6.07 Å². The number of amides is 1. The van der Waals surface area contributed by atoms with Gasteiger partial charge in [-0.25, -0.2) is 4.79 Å². The molecule has 2 aromatic carbocycles. The quantitative estimate of drug-likeness (QED) is 0.827. The van der Waals surface area contributed by atoms with Gasteiger partial charge in [0.15, 0.2) is 0 Å². The monoisotopic (exact) mass is 353 g/mol. The lowest BCUT2D eigenvalue weighted by molar-refractivity contribution is 0.155. The molecular formula is C15H13BrClNO2. The zero-order chi connectivity index (χ0) is 14.5. The molecule has 2 aromatic rings. The first-order chi connectivity index (χ1) is 9.56. The number of halogens is 2. The van der Waals surface area contributed by atoms with Gasteiger partial charge in [-0.15, -0.1) is 0 Å². The fourth-order valence-corrected chi connectivity index (χ4v) is 2.33. The Hall–Kier alpha value is -1.52. The Morgan fingerprint density at radius 1 is 1.30 bits per heavy atom. The number of carbonyl (C=O) groups excluding carboxylic acids is 1. The van der Waals surface area contributed by atoms with Gasteiger partial charge in [-0.1, -0.05) is 41.9 Å². The number of hydrogen-bond acceptors (Lipinski definition) is 2. The van der Waals surface area contributed by atoms with Crippen molar-refractivity contribution >= 4 is 39.3 Å². The average molecular weight is 355 g/mol. The van der Waals surface area contributed by atoms with Gasteiger partial charge < -0.3 is 4.74 Å². The van der Waals surface area contributed by atoms with Gasteiger partial charge in [0.2, 0.25) is 0 Å². The second kappa shape index (κ2) is 6.77. The average Bonchev–Trinajstić information content (AvgIpc) is 2.44. The first-order valence-corrected chi connectivity index (χ1v) is 7.16. The minimum absolute atomic E-state index is 0.226. The van der Waals surface area contributed by atoms with Gasteiger partial charge in [0.1, 0.15) is 6.61 Å². The van der Waals surface area contributed by atoms with E-state index in [0.717, 1.165) is 15.6 Å². The van der Waals surface area contributed by atoms with E-state index in [1.807, 2.05) is 43.3 Å². The minimum Gasteiger partial charge on any atom is -0.444 e. The molecule has 0 aliphatic heterocycles. The van der Waals surface area contributed by atoms with E-state index in [-0.39, 0.29) is 6.61 Å². The third-order valence-corrected chi connectivity index (χ3v) is 3.76. The molecule has 0 spiro atoms. The Morgan fingerprint density at radius 2 is 2.00 bits per heavy atom. The molecule has 5 heteroatoms. The fraction of sp³-hybridized carbons (Fsp3) is 0.133. The van der Waals surface area contributed by atoms with E-state index in [1.165, 1.54) is 0 Å². The number of aryl methyl sites for hydroxylation is 1. The van der Waals surface area contributed by atoms with Crippen molar-refractivity contribution in [3.8, 4) is 0 Å². The highest BCUT2D eigenvalue weighted by atomic mass is 79.9. The molecular weight excluding hydrogens is 342 g/mol. The Labute approximate surface area is 131 Å². The summed E-state index contributed by atoms with van der Waals surface area (Å²) in [6.07, 6.45) is -0.519. The molecule has 0 heterocycles. The molecule has 0 aliphatic rings. The number of ether oxygens (including phenoxy) is 1. The normalized spacial score (nSPS) is 10.2. The van der Waals surface area contributed by atoms with Crippen molar-refractivity contribution in [3.63, 3.8) is 0 Å². The summed E-state index contributed by atoms with van der Waals surface area (Å²) in [6.45, 7) is 2.12. The second-order valence-corrected chi connectivity index (χ2v) is 5.53. The van der Waals surface area contributed by atoms with Crippen molar-refractivity contribution in [1.29, 1.82) is 0 Å². The van der Waals surface area contributed by atoms with E-state index in [0.29, 0.717) is 10.7 Å². The molecule has 2 rings (SSSR count). The lowest BCUT2D eigenvalue weighted by Gasteiger charge is -2.10. The van der Waals surface area contributed by atoms with Crippen LogP contribution in [-0.2, 0) is 11.3 Å². The zero-order valence-electron chi connectivity index (χ0n) is 10.8. The molecule has 3 nitrogen and oxygen atoms in total. The Balaban J connectivity index is 1.97. The van der Waals surface area contributed by atoms with Crippen LogP contribution in [0.3, 0.4) is 0 Å². The lowest BCUT2D eigenvalue weighted by atomic mass is 10.2. The molecule has 1 amide bonds. The maximum Gasteiger partial charge on any atom is 0.411 e. The van der Waals surface area contributed by atoms with Crippen LogP contribution in [-0.4, -0.2) is 6.09 Å². The molecule has 0 aliphatic carbocycles. The molecule has 20 heavy (non-hydrogen) atoms. The second-order valence-electron chi connectivity index (χ2n) is 4.27. The molecule has 0 radical (unpaired) electrons. The number of benzene rings is 2. The number of nitrogens with one attached hydrogen (secondary N) is 1. The molecule has 0 saturated carbocycles. The van der Waals surface area contributed by atoms with Gasteiger partial charge in [-0.05, 0) is 46.1 Å². The van der Waals surface area contributed by atoms with Crippen LogP contribution < -0.4 is 5.32 Å². The standard InChI is InChI=1S/C15H13BrClNO2/c1-10-7-12(16)14(8-13(10)17)18-15(19)20-9-11-5-3-2-4-6-11/h2-8H,9H2,1H3,(H,18,19). The van der Waals surface area contributed by atoms with Crippen LogP contribution in [0.2, 0.25) is 5.02 Å². The molecule has 0 unspecified atom stereocenters. The van der Waals surface area contributed by atoms with Crippen LogP contribution in [0.5, 0.6) is 0 Å². The number of anilines is 1. The highest BCUT2D eigenvalue weighted by Crippen LogP contribution is 2.29. The summed E-state index contributed by atoms with van der Waals surface area (Å²) in [6, 6.07) is 13.0. The highest BCUT2D eigenvalue weighted by Gasteiger charge is 2.09. The van der Waals surface area contributed by atoms with Crippen LogP contribution in [0.25, 0.3) is 0 Å². The van der Waals surface area contributed by atoms with Crippen molar-refractivity contribution in [1.82, 2.24) is 0 Å². The molecule has 0 saturated heterocycles. The largest absolute Gasteiger partial charge is 0.444 e. The molecule has 0 bridgehead atoms. The van der Waals surface area contributed by atoms with E-state index in [9.17, 15) is 4.79 Å². The number of carbonyl (C=O) groups is 1. The third-order valence-electron chi connectivity index (χ3n) is 2.70. The Kier molecular flexibility index (Phi) is 5.04. The summed E-state index contributed by atoms with van der Waals surface area (Å²) in [4.78, 5) is 11.7.